The molecular weight excluding hydrogens is 326 g/mol. The van der Waals surface area contributed by atoms with Crippen LogP contribution in [0, 0.1) is 6.92 Å². The van der Waals surface area contributed by atoms with Crippen LogP contribution in [-0.4, -0.2) is 37.6 Å². The molecule has 0 bridgehead atoms. The van der Waals surface area contributed by atoms with Crippen molar-refractivity contribution in [2.45, 2.75) is 30.4 Å². The molecule has 1 heterocycles. The third-order valence-corrected chi connectivity index (χ3v) is 6.18. The van der Waals surface area contributed by atoms with E-state index in [1.165, 1.54) is 4.31 Å². The number of β-amino-alcohol motifs (C(OH)–C–C–N with tert-alkyl or cyclic N) is 1. The zero-order chi connectivity index (χ0) is 17.3. The molecule has 1 fully saturated rings. The average molecular weight is 347 g/mol. The van der Waals surface area contributed by atoms with Crippen LogP contribution in [0.15, 0.2) is 53.4 Å². The maximum Gasteiger partial charge on any atom is 0.243 e. The van der Waals surface area contributed by atoms with Gasteiger partial charge in [-0.1, -0.05) is 24.3 Å². The number of methoxy groups -OCH3 is 1. The highest BCUT2D eigenvalue weighted by atomic mass is 32.2. The molecule has 128 valence electrons. The van der Waals surface area contributed by atoms with Crippen molar-refractivity contribution in [2.24, 2.45) is 0 Å². The van der Waals surface area contributed by atoms with Crippen molar-refractivity contribution in [3.63, 3.8) is 0 Å². The molecule has 0 unspecified atom stereocenters. The molecule has 1 saturated heterocycles. The Kier molecular flexibility index (Phi) is 4.62. The quantitative estimate of drug-likeness (QED) is 0.923. The van der Waals surface area contributed by atoms with Gasteiger partial charge in [-0.25, -0.2) is 8.42 Å². The molecule has 5 nitrogen and oxygen atoms in total. The lowest BCUT2D eigenvalue weighted by Crippen LogP contribution is -2.32. The van der Waals surface area contributed by atoms with E-state index < -0.39 is 22.2 Å². The number of aliphatic hydroxyl groups excluding tert-OH is 1. The number of aryl methyl sites for hydroxylation is 1. The molecule has 3 rings (SSSR count). The van der Waals surface area contributed by atoms with E-state index in [1.807, 2.05) is 37.3 Å². The smallest absolute Gasteiger partial charge is 0.243 e. The molecule has 0 amide bonds. The highest BCUT2D eigenvalue weighted by Crippen LogP contribution is 2.37. The Morgan fingerprint density at radius 1 is 1.17 bits per heavy atom. The Morgan fingerprint density at radius 2 is 1.92 bits per heavy atom. The van der Waals surface area contributed by atoms with Gasteiger partial charge in [0.15, 0.2) is 0 Å². The molecule has 2 atom stereocenters. The topological polar surface area (TPSA) is 66.8 Å². The van der Waals surface area contributed by atoms with Gasteiger partial charge in [0.05, 0.1) is 24.2 Å². The first-order valence-electron chi connectivity index (χ1n) is 7.82. The molecule has 2 aromatic carbocycles. The standard InChI is InChI=1S/C18H21NO4S/c1-13-5-3-8-17(9-13)24(21,22)19-12-15(20)11-18(19)14-6-4-7-16(10-14)23-2/h3-10,15,18,20H,11-12H2,1-2H3/t15-,18+/m0/s1. The van der Waals surface area contributed by atoms with Crippen molar-refractivity contribution >= 4 is 10.0 Å². The van der Waals surface area contributed by atoms with Gasteiger partial charge in [-0.2, -0.15) is 4.31 Å². The van der Waals surface area contributed by atoms with Gasteiger partial charge in [0.1, 0.15) is 5.75 Å². The van der Waals surface area contributed by atoms with Gasteiger partial charge in [0.2, 0.25) is 10.0 Å². The lowest BCUT2D eigenvalue weighted by molar-refractivity contribution is 0.188. The minimum Gasteiger partial charge on any atom is -0.497 e. The van der Waals surface area contributed by atoms with Crippen LogP contribution in [0.3, 0.4) is 0 Å². The van der Waals surface area contributed by atoms with Gasteiger partial charge in [-0.15, -0.1) is 0 Å². The summed E-state index contributed by atoms with van der Waals surface area (Å²) < 4.78 is 32.7. The maximum absolute atomic E-state index is 13.1. The third-order valence-electron chi connectivity index (χ3n) is 4.31. The molecule has 24 heavy (non-hydrogen) atoms. The van der Waals surface area contributed by atoms with Gasteiger partial charge in [-0.3, -0.25) is 0 Å². The summed E-state index contributed by atoms with van der Waals surface area (Å²) in [5, 5.41) is 10.1. The zero-order valence-electron chi connectivity index (χ0n) is 13.7. The lowest BCUT2D eigenvalue weighted by Gasteiger charge is -2.24. The fourth-order valence-electron chi connectivity index (χ4n) is 3.11. The van der Waals surface area contributed by atoms with Crippen molar-refractivity contribution in [3.8, 4) is 5.75 Å². The van der Waals surface area contributed by atoms with E-state index in [0.717, 1.165) is 11.1 Å². The summed E-state index contributed by atoms with van der Waals surface area (Å²) in [6.45, 7) is 1.95. The van der Waals surface area contributed by atoms with E-state index >= 15 is 0 Å². The molecule has 0 aromatic heterocycles. The first-order chi connectivity index (χ1) is 11.4. The second-order valence-electron chi connectivity index (χ2n) is 6.07. The first kappa shape index (κ1) is 17.0. The highest BCUT2D eigenvalue weighted by molar-refractivity contribution is 7.89. The van der Waals surface area contributed by atoms with Gasteiger partial charge in [-0.05, 0) is 48.7 Å². The molecule has 0 radical (unpaired) electrons. The summed E-state index contributed by atoms with van der Waals surface area (Å²) in [5.41, 5.74) is 1.70. The fourth-order valence-corrected chi connectivity index (χ4v) is 4.88. The normalized spacial score (nSPS) is 21.8. The first-order valence-corrected chi connectivity index (χ1v) is 9.26. The SMILES string of the molecule is COc1cccc([C@H]2C[C@H](O)CN2S(=O)(=O)c2cccc(C)c2)c1. The van der Waals surface area contributed by atoms with Gasteiger partial charge in [0.25, 0.3) is 0 Å². The van der Waals surface area contributed by atoms with Gasteiger partial charge >= 0.3 is 0 Å². The van der Waals surface area contributed by atoms with Crippen LogP contribution in [0.5, 0.6) is 5.75 Å². The molecule has 2 aromatic rings. The number of benzene rings is 2. The number of aliphatic hydroxyl groups is 1. The van der Waals surface area contributed by atoms with E-state index in [1.54, 1.807) is 25.3 Å². The van der Waals surface area contributed by atoms with Crippen molar-refractivity contribution in [1.82, 2.24) is 4.31 Å². The Balaban J connectivity index is 2.01. The Labute approximate surface area is 142 Å². The molecule has 0 spiro atoms. The maximum atomic E-state index is 13.1. The predicted octanol–water partition coefficient (Wildman–Crippen LogP) is 2.50. The predicted molar refractivity (Wildman–Crippen MR) is 91.4 cm³/mol. The number of nitrogens with zero attached hydrogens (tertiary/aromatic N) is 1. The van der Waals surface area contributed by atoms with Crippen molar-refractivity contribution < 1.29 is 18.3 Å². The highest BCUT2D eigenvalue weighted by Gasteiger charge is 2.40. The fraction of sp³-hybridized carbons (Fsp3) is 0.333. The molecular formula is C18H21NO4S. The third kappa shape index (κ3) is 3.17. The summed E-state index contributed by atoms with van der Waals surface area (Å²) >= 11 is 0. The number of rotatable bonds is 4. The van der Waals surface area contributed by atoms with E-state index in [0.29, 0.717) is 12.2 Å². The second-order valence-corrected chi connectivity index (χ2v) is 7.96. The van der Waals surface area contributed by atoms with Crippen LogP contribution >= 0.6 is 0 Å². The summed E-state index contributed by atoms with van der Waals surface area (Å²) in [5.74, 6) is 0.668. The van der Waals surface area contributed by atoms with Crippen LogP contribution in [0.4, 0.5) is 0 Å². The van der Waals surface area contributed by atoms with Crippen LogP contribution < -0.4 is 4.74 Å². The van der Waals surface area contributed by atoms with Crippen molar-refractivity contribution in [3.05, 3.63) is 59.7 Å². The van der Waals surface area contributed by atoms with E-state index in [-0.39, 0.29) is 11.4 Å². The van der Waals surface area contributed by atoms with Crippen molar-refractivity contribution in [1.29, 1.82) is 0 Å². The van der Waals surface area contributed by atoms with Crippen LogP contribution in [0.25, 0.3) is 0 Å². The van der Waals surface area contributed by atoms with Crippen molar-refractivity contribution in [2.75, 3.05) is 13.7 Å². The lowest BCUT2D eigenvalue weighted by atomic mass is 10.0. The number of hydrogen-bond donors (Lipinski definition) is 1. The Bertz CT molecular complexity index is 834. The Morgan fingerprint density at radius 3 is 2.62 bits per heavy atom. The van der Waals surface area contributed by atoms with E-state index in [2.05, 4.69) is 0 Å². The second kappa shape index (κ2) is 6.55. The van der Waals surface area contributed by atoms with Crippen LogP contribution in [0.1, 0.15) is 23.6 Å². The van der Waals surface area contributed by atoms with E-state index in [4.69, 9.17) is 4.74 Å². The van der Waals surface area contributed by atoms with Crippen LogP contribution in [0.2, 0.25) is 0 Å². The monoisotopic (exact) mass is 347 g/mol. The van der Waals surface area contributed by atoms with Gasteiger partial charge in [0, 0.05) is 6.54 Å². The van der Waals surface area contributed by atoms with E-state index in [9.17, 15) is 13.5 Å². The summed E-state index contributed by atoms with van der Waals surface area (Å²) in [4.78, 5) is 0.254. The van der Waals surface area contributed by atoms with Crippen LogP contribution in [-0.2, 0) is 10.0 Å². The number of hydrogen-bond acceptors (Lipinski definition) is 4. The zero-order valence-corrected chi connectivity index (χ0v) is 14.5. The molecule has 0 aliphatic carbocycles. The largest absolute Gasteiger partial charge is 0.497 e. The number of ether oxygens (including phenoxy) is 1. The summed E-state index contributed by atoms with van der Waals surface area (Å²) in [6.07, 6.45) is -0.307. The molecule has 1 N–H and O–H groups in total. The Hall–Kier alpha value is -1.89. The molecule has 1 aliphatic heterocycles. The number of sulfonamides is 1. The summed E-state index contributed by atoms with van der Waals surface area (Å²) in [6, 6.07) is 13.8. The summed E-state index contributed by atoms with van der Waals surface area (Å²) in [7, 11) is -2.11. The van der Waals surface area contributed by atoms with Gasteiger partial charge < -0.3 is 9.84 Å². The average Bonchev–Trinajstić information content (AvgIpc) is 2.97. The molecule has 6 heteroatoms. The minimum absolute atomic E-state index is 0.0954. The molecule has 0 saturated carbocycles. The minimum atomic E-state index is -3.68. The molecule has 1 aliphatic rings.